The molecule has 1 fully saturated rings. The fourth-order valence-corrected chi connectivity index (χ4v) is 3.99. The normalized spacial score (nSPS) is 20.8. The number of nitrogen functional groups attached to an aromatic ring is 1. The molecule has 0 radical (unpaired) electrons. The second-order valence-corrected chi connectivity index (χ2v) is 7.37. The number of halogens is 2. The van der Waals surface area contributed by atoms with Crippen molar-refractivity contribution in [1.29, 1.82) is 0 Å². The number of anilines is 1. The first-order valence-electron chi connectivity index (χ1n) is 6.48. The highest BCUT2D eigenvalue weighted by Gasteiger charge is 2.35. The van der Waals surface area contributed by atoms with E-state index in [4.69, 9.17) is 5.73 Å². The maximum absolute atomic E-state index is 13.7. The van der Waals surface area contributed by atoms with Crippen molar-refractivity contribution in [3.05, 3.63) is 23.8 Å². The van der Waals surface area contributed by atoms with Gasteiger partial charge in [0, 0.05) is 19.2 Å². The van der Waals surface area contributed by atoms with Gasteiger partial charge in [-0.1, -0.05) is 13.8 Å². The number of rotatable bonds is 3. The molecule has 1 atom stereocenters. The zero-order valence-corrected chi connectivity index (χ0v) is 12.3. The number of hydrogen-bond donors (Lipinski definition) is 1. The lowest BCUT2D eigenvalue weighted by molar-refractivity contribution is 0.387. The Hall–Kier alpha value is -1.21. The molecule has 20 heavy (non-hydrogen) atoms. The predicted molar refractivity (Wildman–Crippen MR) is 72.5 cm³/mol. The summed E-state index contributed by atoms with van der Waals surface area (Å²) in [5.41, 5.74) is 4.97. The highest BCUT2D eigenvalue weighted by atomic mass is 32.2. The number of nitrogens with zero attached hydrogens (tertiary/aromatic N) is 1. The van der Waals surface area contributed by atoms with Crippen molar-refractivity contribution in [2.45, 2.75) is 25.2 Å². The first-order valence-corrected chi connectivity index (χ1v) is 7.92. The Bertz CT molecular complexity index is 617. The predicted octanol–water partition coefficient (Wildman–Crippen LogP) is 2.21. The molecule has 1 aliphatic rings. The lowest BCUT2D eigenvalue weighted by Crippen LogP contribution is -2.30. The van der Waals surface area contributed by atoms with E-state index in [-0.39, 0.29) is 11.6 Å². The van der Waals surface area contributed by atoms with Gasteiger partial charge in [-0.25, -0.2) is 17.2 Å². The summed E-state index contributed by atoms with van der Waals surface area (Å²) in [6.45, 7) is 4.76. The van der Waals surface area contributed by atoms with Gasteiger partial charge in [0.25, 0.3) is 0 Å². The van der Waals surface area contributed by atoms with E-state index in [0.717, 1.165) is 12.5 Å². The van der Waals surface area contributed by atoms with Crippen LogP contribution in [0.2, 0.25) is 0 Å². The van der Waals surface area contributed by atoms with Gasteiger partial charge in [-0.05, 0) is 24.3 Å². The highest BCUT2D eigenvalue weighted by molar-refractivity contribution is 7.89. The molecule has 4 nitrogen and oxygen atoms in total. The van der Waals surface area contributed by atoms with Crippen LogP contribution in [0.25, 0.3) is 0 Å². The lowest BCUT2D eigenvalue weighted by Gasteiger charge is -2.18. The first-order chi connectivity index (χ1) is 9.23. The molecule has 0 aromatic heterocycles. The monoisotopic (exact) mass is 304 g/mol. The van der Waals surface area contributed by atoms with E-state index in [9.17, 15) is 17.2 Å². The van der Waals surface area contributed by atoms with E-state index in [0.29, 0.717) is 25.1 Å². The third-order valence-electron chi connectivity index (χ3n) is 3.80. The van der Waals surface area contributed by atoms with Gasteiger partial charge in [-0.2, -0.15) is 4.31 Å². The second kappa shape index (κ2) is 5.29. The molecule has 1 heterocycles. The number of hydrogen-bond acceptors (Lipinski definition) is 3. The van der Waals surface area contributed by atoms with Crippen molar-refractivity contribution in [3.63, 3.8) is 0 Å². The van der Waals surface area contributed by atoms with Crippen LogP contribution in [-0.4, -0.2) is 25.8 Å². The van der Waals surface area contributed by atoms with E-state index >= 15 is 0 Å². The molecular weight excluding hydrogens is 286 g/mol. The topological polar surface area (TPSA) is 63.4 Å². The molecule has 1 aliphatic heterocycles. The number of benzene rings is 1. The fraction of sp³-hybridized carbons (Fsp3) is 0.538. The van der Waals surface area contributed by atoms with Gasteiger partial charge < -0.3 is 5.73 Å². The maximum Gasteiger partial charge on any atom is 0.246 e. The molecule has 0 saturated carbocycles. The summed E-state index contributed by atoms with van der Waals surface area (Å²) in [6.07, 6.45) is 0.745. The molecule has 112 valence electrons. The number of sulfonamides is 1. The third kappa shape index (κ3) is 2.64. The molecule has 0 amide bonds. The van der Waals surface area contributed by atoms with Crippen molar-refractivity contribution in [2.24, 2.45) is 11.8 Å². The summed E-state index contributed by atoms with van der Waals surface area (Å²) < 4.78 is 52.9. The molecule has 0 aliphatic carbocycles. The van der Waals surface area contributed by atoms with E-state index < -0.39 is 26.6 Å². The molecule has 7 heteroatoms. The Morgan fingerprint density at radius 3 is 2.50 bits per heavy atom. The standard InChI is InChI=1S/C13H18F2N2O2S/c1-8(2)9-3-4-17(7-9)20(18,19)13-6-12(16)10(14)5-11(13)15/h5-6,8-9H,3-4,7,16H2,1-2H3. The van der Waals surface area contributed by atoms with Crippen LogP contribution in [-0.2, 0) is 10.0 Å². The summed E-state index contributed by atoms with van der Waals surface area (Å²) in [4.78, 5) is -0.555. The molecule has 1 aromatic rings. The van der Waals surface area contributed by atoms with E-state index in [2.05, 4.69) is 0 Å². The van der Waals surface area contributed by atoms with Crippen molar-refractivity contribution in [2.75, 3.05) is 18.8 Å². The van der Waals surface area contributed by atoms with Gasteiger partial charge >= 0.3 is 0 Å². The van der Waals surface area contributed by atoms with Crippen LogP contribution in [0.1, 0.15) is 20.3 Å². The summed E-state index contributed by atoms with van der Waals surface area (Å²) in [6, 6.07) is 1.36. The SMILES string of the molecule is CC(C)C1CCN(S(=O)(=O)c2cc(N)c(F)cc2F)C1. The Kier molecular flexibility index (Phi) is 4.02. The minimum absolute atomic E-state index is 0.255. The molecule has 2 N–H and O–H groups in total. The average molecular weight is 304 g/mol. The van der Waals surface area contributed by atoms with Gasteiger partial charge in [-0.3, -0.25) is 0 Å². The Morgan fingerprint density at radius 2 is 1.95 bits per heavy atom. The zero-order chi connectivity index (χ0) is 15.1. The lowest BCUT2D eigenvalue weighted by atomic mass is 9.96. The van der Waals surface area contributed by atoms with Gasteiger partial charge in [0.1, 0.15) is 16.5 Å². The van der Waals surface area contributed by atoms with Crippen molar-refractivity contribution in [3.8, 4) is 0 Å². The summed E-state index contributed by atoms with van der Waals surface area (Å²) in [7, 11) is -3.96. The van der Waals surface area contributed by atoms with Gasteiger partial charge in [0.15, 0.2) is 0 Å². The van der Waals surface area contributed by atoms with Crippen molar-refractivity contribution in [1.82, 2.24) is 4.31 Å². The van der Waals surface area contributed by atoms with Gasteiger partial charge in [0.2, 0.25) is 10.0 Å². The van der Waals surface area contributed by atoms with Crippen LogP contribution in [0, 0.1) is 23.5 Å². The molecular formula is C13H18F2N2O2S. The van der Waals surface area contributed by atoms with Crippen LogP contribution in [0.4, 0.5) is 14.5 Å². The maximum atomic E-state index is 13.7. The van der Waals surface area contributed by atoms with Crippen LogP contribution in [0.3, 0.4) is 0 Å². The molecule has 0 bridgehead atoms. The molecule has 0 spiro atoms. The molecule has 1 saturated heterocycles. The van der Waals surface area contributed by atoms with E-state index in [1.807, 2.05) is 13.8 Å². The molecule has 2 rings (SSSR count). The van der Waals surface area contributed by atoms with Crippen molar-refractivity contribution < 1.29 is 17.2 Å². The Morgan fingerprint density at radius 1 is 1.30 bits per heavy atom. The fourth-order valence-electron chi connectivity index (χ4n) is 2.40. The highest BCUT2D eigenvalue weighted by Crippen LogP contribution is 2.30. The quantitative estimate of drug-likeness (QED) is 0.871. The largest absolute Gasteiger partial charge is 0.396 e. The summed E-state index contributed by atoms with van der Waals surface area (Å²) in [5.74, 6) is -1.45. The van der Waals surface area contributed by atoms with Gasteiger partial charge in [0.05, 0.1) is 5.69 Å². The molecule has 1 aromatic carbocycles. The average Bonchev–Trinajstić information content (AvgIpc) is 2.83. The molecule has 1 unspecified atom stereocenters. The summed E-state index contributed by atoms with van der Waals surface area (Å²) >= 11 is 0. The first kappa shape index (κ1) is 15.2. The zero-order valence-electron chi connectivity index (χ0n) is 11.4. The minimum Gasteiger partial charge on any atom is -0.396 e. The van der Waals surface area contributed by atoms with Crippen LogP contribution in [0.5, 0.6) is 0 Å². The van der Waals surface area contributed by atoms with Crippen molar-refractivity contribution >= 4 is 15.7 Å². The minimum atomic E-state index is -3.96. The smallest absolute Gasteiger partial charge is 0.246 e. The van der Waals surface area contributed by atoms with E-state index in [1.165, 1.54) is 4.31 Å². The second-order valence-electron chi connectivity index (χ2n) is 5.46. The number of nitrogens with two attached hydrogens (primary N) is 1. The Balaban J connectivity index is 2.35. The van der Waals surface area contributed by atoms with Gasteiger partial charge in [-0.15, -0.1) is 0 Å². The Labute approximate surface area is 117 Å². The third-order valence-corrected chi connectivity index (χ3v) is 5.68. The van der Waals surface area contributed by atoms with Crippen LogP contribution in [0.15, 0.2) is 17.0 Å². The summed E-state index contributed by atoms with van der Waals surface area (Å²) in [5, 5.41) is 0. The van der Waals surface area contributed by atoms with Crippen LogP contribution < -0.4 is 5.73 Å². The van der Waals surface area contributed by atoms with Crippen LogP contribution >= 0.6 is 0 Å². The van der Waals surface area contributed by atoms with E-state index in [1.54, 1.807) is 0 Å².